The Morgan fingerprint density at radius 3 is 2.71 bits per heavy atom. The summed E-state index contributed by atoms with van der Waals surface area (Å²) in [4.78, 5) is 0. The lowest BCUT2D eigenvalue weighted by Crippen LogP contribution is -2.29. The first-order chi connectivity index (χ1) is 7.66. The van der Waals surface area contributed by atoms with E-state index in [9.17, 15) is 0 Å². The van der Waals surface area contributed by atoms with E-state index in [0.29, 0.717) is 0 Å². The number of hydrogen-bond donors (Lipinski definition) is 1. The predicted octanol–water partition coefficient (Wildman–Crippen LogP) is 2.90. The van der Waals surface area contributed by atoms with Gasteiger partial charge in [-0.05, 0) is 23.7 Å². The summed E-state index contributed by atoms with van der Waals surface area (Å²) >= 11 is 0. The van der Waals surface area contributed by atoms with Gasteiger partial charge in [-0.1, -0.05) is 34.6 Å². The molecule has 0 fully saturated rings. The Kier molecular flexibility index (Phi) is 2.85. The topological polar surface area (TPSA) is 43.8 Å². The maximum Gasteiger partial charge on any atom is 0.0677 e. The van der Waals surface area contributed by atoms with Crippen molar-refractivity contribution in [2.45, 2.75) is 60.0 Å². The molecule has 0 amide bonds. The first-order valence-corrected chi connectivity index (χ1v) is 6.48. The average Bonchev–Trinajstić information content (AvgIpc) is 2.41. The van der Waals surface area contributed by atoms with Gasteiger partial charge in [-0.15, -0.1) is 0 Å². The summed E-state index contributed by atoms with van der Waals surface area (Å²) < 4.78 is 2.08. The Morgan fingerprint density at radius 2 is 2.12 bits per heavy atom. The van der Waals surface area contributed by atoms with E-state index in [4.69, 9.17) is 10.8 Å². The fourth-order valence-electron chi connectivity index (χ4n) is 2.72. The van der Waals surface area contributed by atoms with Crippen LogP contribution in [0.5, 0.6) is 0 Å². The van der Waals surface area contributed by atoms with Gasteiger partial charge in [0, 0.05) is 24.3 Å². The molecular formula is C14H25N3. The number of hydrogen-bond acceptors (Lipinski definition) is 2. The molecule has 0 unspecified atom stereocenters. The van der Waals surface area contributed by atoms with E-state index >= 15 is 0 Å². The van der Waals surface area contributed by atoms with Gasteiger partial charge in [0.2, 0.25) is 0 Å². The normalized spacial score (nSPS) is 23.5. The van der Waals surface area contributed by atoms with E-state index < -0.39 is 0 Å². The van der Waals surface area contributed by atoms with Crippen molar-refractivity contribution >= 4 is 0 Å². The quantitative estimate of drug-likeness (QED) is 0.813. The molecule has 1 aromatic heterocycles. The molecule has 17 heavy (non-hydrogen) atoms. The Morgan fingerprint density at radius 1 is 1.47 bits per heavy atom. The highest BCUT2D eigenvalue weighted by molar-refractivity contribution is 5.26. The highest BCUT2D eigenvalue weighted by Gasteiger charge is 2.32. The molecule has 1 aliphatic rings. The summed E-state index contributed by atoms with van der Waals surface area (Å²) in [5.74, 6) is 0. The zero-order valence-electron chi connectivity index (χ0n) is 11.7. The van der Waals surface area contributed by atoms with Crippen molar-refractivity contribution < 1.29 is 0 Å². The standard InChI is InChI=1S/C14H25N3/c1-13(2,3)9-17-8-10-11(15)6-14(4,5)7-12(10)16-17/h8,11H,6-7,9,15H2,1-5H3/t11-/m0/s1. The fourth-order valence-corrected chi connectivity index (χ4v) is 2.72. The molecule has 0 aliphatic heterocycles. The van der Waals surface area contributed by atoms with Gasteiger partial charge >= 0.3 is 0 Å². The van der Waals surface area contributed by atoms with Crippen LogP contribution in [0.15, 0.2) is 6.20 Å². The lowest BCUT2D eigenvalue weighted by Gasteiger charge is -2.32. The Hall–Kier alpha value is -0.830. The smallest absolute Gasteiger partial charge is 0.0677 e. The third-order valence-electron chi connectivity index (χ3n) is 3.32. The third-order valence-corrected chi connectivity index (χ3v) is 3.32. The van der Waals surface area contributed by atoms with E-state index in [1.165, 1.54) is 11.3 Å². The van der Waals surface area contributed by atoms with Crippen molar-refractivity contribution in [3.63, 3.8) is 0 Å². The van der Waals surface area contributed by atoms with Gasteiger partial charge < -0.3 is 5.73 Å². The monoisotopic (exact) mass is 235 g/mol. The van der Waals surface area contributed by atoms with Gasteiger partial charge in [-0.25, -0.2) is 0 Å². The van der Waals surface area contributed by atoms with Crippen LogP contribution in [0.4, 0.5) is 0 Å². The van der Waals surface area contributed by atoms with Crippen molar-refractivity contribution in [1.29, 1.82) is 0 Å². The molecule has 2 N–H and O–H groups in total. The highest BCUT2D eigenvalue weighted by atomic mass is 15.3. The zero-order valence-corrected chi connectivity index (χ0v) is 11.7. The first kappa shape index (κ1) is 12.6. The second-order valence-corrected chi connectivity index (χ2v) is 7.44. The number of fused-ring (bicyclic) bond motifs is 1. The largest absolute Gasteiger partial charge is 0.324 e. The average molecular weight is 235 g/mol. The molecule has 3 nitrogen and oxygen atoms in total. The Balaban J connectivity index is 2.27. The van der Waals surface area contributed by atoms with Gasteiger partial charge in [-0.3, -0.25) is 4.68 Å². The van der Waals surface area contributed by atoms with Crippen LogP contribution in [0.25, 0.3) is 0 Å². The molecule has 1 atom stereocenters. The molecule has 1 heterocycles. The molecule has 1 aliphatic carbocycles. The van der Waals surface area contributed by atoms with Gasteiger partial charge in [0.25, 0.3) is 0 Å². The van der Waals surface area contributed by atoms with Gasteiger partial charge in [0.05, 0.1) is 5.69 Å². The lowest BCUT2D eigenvalue weighted by molar-refractivity contribution is 0.279. The van der Waals surface area contributed by atoms with Crippen molar-refractivity contribution in [2.75, 3.05) is 0 Å². The van der Waals surface area contributed by atoms with Crippen molar-refractivity contribution in [1.82, 2.24) is 9.78 Å². The van der Waals surface area contributed by atoms with E-state index in [1.54, 1.807) is 0 Å². The first-order valence-electron chi connectivity index (χ1n) is 6.48. The van der Waals surface area contributed by atoms with Gasteiger partial charge in [-0.2, -0.15) is 5.10 Å². The number of nitrogens with two attached hydrogens (primary N) is 1. The molecule has 0 saturated carbocycles. The van der Waals surface area contributed by atoms with E-state index in [1.807, 2.05) is 0 Å². The summed E-state index contributed by atoms with van der Waals surface area (Å²) in [6.45, 7) is 12.2. The van der Waals surface area contributed by atoms with Crippen LogP contribution in [0, 0.1) is 10.8 Å². The van der Waals surface area contributed by atoms with Crippen LogP contribution in [-0.2, 0) is 13.0 Å². The van der Waals surface area contributed by atoms with Crippen LogP contribution in [-0.4, -0.2) is 9.78 Å². The van der Waals surface area contributed by atoms with Crippen LogP contribution < -0.4 is 5.73 Å². The van der Waals surface area contributed by atoms with Crippen LogP contribution in [0.3, 0.4) is 0 Å². The molecule has 3 heteroatoms. The maximum absolute atomic E-state index is 6.25. The van der Waals surface area contributed by atoms with E-state index in [2.05, 4.69) is 45.5 Å². The Labute approximate surface area is 104 Å². The fraction of sp³-hybridized carbons (Fsp3) is 0.786. The minimum atomic E-state index is 0.155. The molecule has 0 bridgehead atoms. The Bertz CT molecular complexity index is 410. The summed E-state index contributed by atoms with van der Waals surface area (Å²) in [5.41, 5.74) is 9.25. The minimum absolute atomic E-state index is 0.155. The molecule has 0 aromatic carbocycles. The molecule has 1 aromatic rings. The molecule has 0 spiro atoms. The van der Waals surface area contributed by atoms with Gasteiger partial charge in [0.1, 0.15) is 0 Å². The number of aromatic nitrogens is 2. The lowest BCUT2D eigenvalue weighted by atomic mass is 9.75. The summed E-state index contributed by atoms with van der Waals surface area (Å²) in [5, 5.41) is 4.72. The summed E-state index contributed by atoms with van der Waals surface area (Å²) in [7, 11) is 0. The second kappa shape index (κ2) is 3.84. The minimum Gasteiger partial charge on any atom is -0.324 e. The van der Waals surface area contributed by atoms with Crippen molar-refractivity contribution in [3.05, 3.63) is 17.5 Å². The van der Waals surface area contributed by atoms with Gasteiger partial charge in [0.15, 0.2) is 0 Å². The van der Waals surface area contributed by atoms with E-state index in [0.717, 1.165) is 19.4 Å². The molecule has 0 saturated heterocycles. The van der Waals surface area contributed by atoms with Crippen LogP contribution in [0.2, 0.25) is 0 Å². The van der Waals surface area contributed by atoms with Crippen molar-refractivity contribution in [2.24, 2.45) is 16.6 Å². The molecule has 96 valence electrons. The highest BCUT2D eigenvalue weighted by Crippen LogP contribution is 2.39. The number of nitrogens with zero attached hydrogens (tertiary/aromatic N) is 2. The van der Waals surface area contributed by atoms with Crippen molar-refractivity contribution in [3.8, 4) is 0 Å². The summed E-state index contributed by atoms with van der Waals surface area (Å²) in [6.07, 6.45) is 4.26. The van der Waals surface area contributed by atoms with E-state index in [-0.39, 0.29) is 16.9 Å². The zero-order chi connectivity index (χ0) is 12.8. The second-order valence-electron chi connectivity index (χ2n) is 7.44. The summed E-state index contributed by atoms with van der Waals surface area (Å²) in [6, 6.07) is 0.155. The number of rotatable bonds is 1. The molecular weight excluding hydrogens is 210 g/mol. The predicted molar refractivity (Wildman–Crippen MR) is 70.7 cm³/mol. The maximum atomic E-state index is 6.25. The molecule has 2 rings (SSSR count). The third kappa shape index (κ3) is 2.89. The van der Waals surface area contributed by atoms with Crippen LogP contribution >= 0.6 is 0 Å². The molecule has 0 radical (unpaired) electrons. The SMILES string of the molecule is CC(C)(C)Cn1cc2c(n1)CC(C)(C)C[C@@H]2N. The van der Waals surface area contributed by atoms with Crippen LogP contribution in [0.1, 0.15) is 58.3 Å².